The smallest absolute Gasteiger partial charge is 0.222 e. The summed E-state index contributed by atoms with van der Waals surface area (Å²) in [6, 6.07) is 11.7. The van der Waals surface area contributed by atoms with Crippen LogP contribution in [0.3, 0.4) is 0 Å². The third-order valence-corrected chi connectivity index (χ3v) is 5.49. The van der Waals surface area contributed by atoms with Crippen LogP contribution in [-0.2, 0) is 11.3 Å². The quantitative estimate of drug-likeness (QED) is 0.503. The molecule has 0 aliphatic heterocycles. The highest BCUT2D eigenvalue weighted by Crippen LogP contribution is 2.24. The van der Waals surface area contributed by atoms with Gasteiger partial charge in [-0.1, -0.05) is 11.6 Å². The number of nitrogens with one attached hydrogen (secondary N) is 1. The molecule has 5 nitrogen and oxygen atoms in total. The van der Waals surface area contributed by atoms with Gasteiger partial charge in [-0.2, -0.15) is 11.3 Å². The third kappa shape index (κ3) is 4.07. The second-order valence-electron chi connectivity index (χ2n) is 6.33. The minimum atomic E-state index is 0.0162. The van der Waals surface area contributed by atoms with Crippen molar-refractivity contribution in [1.82, 2.24) is 19.4 Å². The van der Waals surface area contributed by atoms with Crippen LogP contribution < -0.4 is 5.32 Å². The first-order valence-corrected chi connectivity index (χ1v) is 10.0. The van der Waals surface area contributed by atoms with E-state index in [4.69, 9.17) is 11.6 Å². The van der Waals surface area contributed by atoms with Crippen molar-refractivity contribution in [2.75, 3.05) is 6.54 Å². The number of thiophene rings is 1. The third-order valence-electron chi connectivity index (χ3n) is 4.55. The molecule has 1 amide bonds. The highest BCUT2D eigenvalue weighted by atomic mass is 35.5. The fourth-order valence-electron chi connectivity index (χ4n) is 3.19. The molecule has 1 N–H and O–H groups in total. The van der Waals surface area contributed by atoms with Crippen LogP contribution in [-0.4, -0.2) is 26.6 Å². The summed E-state index contributed by atoms with van der Waals surface area (Å²) in [5.74, 6) is 0.0346. The Morgan fingerprint density at radius 2 is 2.11 bits per heavy atom. The lowest BCUT2D eigenvalue weighted by Gasteiger charge is -2.18. The van der Waals surface area contributed by atoms with Crippen molar-refractivity contribution in [3.05, 3.63) is 76.5 Å². The van der Waals surface area contributed by atoms with Gasteiger partial charge in [0.1, 0.15) is 0 Å². The SMILES string of the molecule is O=C(C[C@H](c1ccsc1)n1cccc1)NCCn1cnc2cc(Cl)ccc21. The predicted octanol–water partition coefficient (Wildman–Crippen LogP) is 4.35. The van der Waals surface area contributed by atoms with E-state index in [2.05, 4.69) is 26.3 Å². The molecule has 7 heteroatoms. The van der Waals surface area contributed by atoms with Crippen molar-refractivity contribution in [3.8, 4) is 0 Å². The first-order valence-electron chi connectivity index (χ1n) is 8.72. The largest absolute Gasteiger partial charge is 0.354 e. The number of carbonyl (C=O) groups excluding carboxylic acids is 1. The molecule has 0 fully saturated rings. The van der Waals surface area contributed by atoms with Gasteiger partial charge in [-0.25, -0.2) is 4.98 Å². The summed E-state index contributed by atoms with van der Waals surface area (Å²) in [6.45, 7) is 1.21. The molecule has 3 heterocycles. The second kappa shape index (κ2) is 7.98. The van der Waals surface area contributed by atoms with Crippen molar-refractivity contribution < 1.29 is 4.79 Å². The topological polar surface area (TPSA) is 51.9 Å². The summed E-state index contributed by atoms with van der Waals surface area (Å²) in [4.78, 5) is 16.9. The fraction of sp³-hybridized carbons (Fsp3) is 0.200. The van der Waals surface area contributed by atoms with E-state index >= 15 is 0 Å². The number of aromatic nitrogens is 3. The minimum absolute atomic E-state index is 0.0162. The Hall–Kier alpha value is -2.57. The maximum Gasteiger partial charge on any atom is 0.222 e. The number of benzene rings is 1. The van der Waals surface area contributed by atoms with Crippen LogP contribution in [0.5, 0.6) is 0 Å². The summed E-state index contributed by atoms with van der Waals surface area (Å²) < 4.78 is 4.10. The lowest BCUT2D eigenvalue weighted by atomic mass is 10.1. The molecule has 1 aromatic carbocycles. The average Bonchev–Trinajstić information content (AvgIpc) is 3.41. The highest BCUT2D eigenvalue weighted by molar-refractivity contribution is 7.08. The number of carbonyl (C=O) groups is 1. The summed E-state index contributed by atoms with van der Waals surface area (Å²) in [6.07, 6.45) is 6.18. The van der Waals surface area contributed by atoms with Crippen LogP contribution in [0.1, 0.15) is 18.0 Å². The summed E-state index contributed by atoms with van der Waals surface area (Å²) in [5.41, 5.74) is 3.03. The van der Waals surface area contributed by atoms with E-state index in [0.29, 0.717) is 24.5 Å². The van der Waals surface area contributed by atoms with Crippen LogP contribution in [0.4, 0.5) is 0 Å². The van der Waals surface area contributed by atoms with Gasteiger partial charge in [0.05, 0.1) is 29.8 Å². The highest BCUT2D eigenvalue weighted by Gasteiger charge is 2.17. The van der Waals surface area contributed by atoms with Gasteiger partial charge in [-0.05, 0) is 52.7 Å². The summed E-state index contributed by atoms with van der Waals surface area (Å²) in [7, 11) is 0. The van der Waals surface area contributed by atoms with Gasteiger partial charge in [-0.15, -0.1) is 0 Å². The number of hydrogen-bond donors (Lipinski definition) is 1. The maximum absolute atomic E-state index is 12.5. The van der Waals surface area contributed by atoms with Gasteiger partial charge in [-0.3, -0.25) is 4.79 Å². The number of hydrogen-bond acceptors (Lipinski definition) is 3. The van der Waals surface area contributed by atoms with Crippen LogP contribution in [0.15, 0.2) is 65.9 Å². The standard InChI is InChI=1S/C20H19ClN4OS/c21-16-3-4-18-17(11-16)23-14-25(18)9-6-22-20(26)12-19(15-5-10-27-13-15)24-7-1-2-8-24/h1-5,7-8,10-11,13-14,19H,6,9,12H2,(H,22,26)/t19-/m1/s1. The van der Waals surface area contributed by atoms with Gasteiger partial charge < -0.3 is 14.5 Å². The second-order valence-corrected chi connectivity index (χ2v) is 7.54. The number of halogens is 1. The molecule has 0 bridgehead atoms. The zero-order valence-corrected chi connectivity index (χ0v) is 16.2. The molecule has 0 saturated carbocycles. The molecule has 4 aromatic rings. The van der Waals surface area contributed by atoms with Crippen LogP contribution >= 0.6 is 22.9 Å². The van der Waals surface area contributed by atoms with E-state index in [1.54, 1.807) is 17.7 Å². The van der Waals surface area contributed by atoms with E-state index in [9.17, 15) is 4.79 Å². The number of fused-ring (bicyclic) bond motifs is 1. The normalized spacial score (nSPS) is 12.3. The van der Waals surface area contributed by atoms with Crippen molar-refractivity contribution in [2.45, 2.75) is 19.0 Å². The van der Waals surface area contributed by atoms with Crippen molar-refractivity contribution in [1.29, 1.82) is 0 Å². The van der Waals surface area contributed by atoms with Crippen molar-refractivity contribution in [3.63, 3.8) is 0 Å². The van der Waals surface area contributed by atoms with E-state index in [1.165, 1.54) is 0 Å². The molecular formula is C20H19ClN4OS. The fourth-order valence-corrected chi connectivity index (χ4v) is 4.07. The molecule has 0 spiro atoms. The van der Waals surface area contributed by atoms with Gasteiger partial charge in [0, 0.05) is 30.5 Å². The predicted molar refractivity (Wildman–Crippen MR) is 109 cm³/mol. The molecule has 27 heavy (non-hydrogen) atoms. The molecular weight excluding hydrogens is 380 g/mol. The van der Waals surface area contributed by atoms with Crippen molar-refractivity contribution in [2.24, 2.45) is 0 Å². The molecule has 0 aliphatic rings. The summed E-state index contributed by atoms with van der Waals surface area (Å²) >= 11 is 7.65. The Kier molecular flexibility index (Phi) is 5.27. The Labute approximate surface area is 166 Å². The van der Waals surface area contributed by atoms with E-state index in [1.807, 2.05) is 52.7 Å². The molecule has 0 saturated heterocycles. The first-order chi connectivity index (χ1) is 13.2. The lowest BCUT2D eigenvalue weighted by Crippen LogP contribution is -2.29. The number of rotatable bonds is 7. The Bertz CT molecular complexity index is 990. The van der Waals surface area contributed by atoms with E-state index < -0.39 is 0 Å². The molecule has 1 atom stereocenters. The van der Waals surface area contributed by atoms with E-state index in [0.717, 1.165) is 16.6 Å². The molecule has 0 radical (unpaired) electrons. The molecule has 4 rings (SSSR count). The van der Waals surface area contributed by atoms with Gasteiger partial charge in [0.25, 0.3) is 0 Å². The number of amides is 1. The summed E-state index contributed by atoms with van der Waals surface area (Å²) in [5, 5.41) is 7.84. The molecule has 0 unspecified atom stereocenters. The van der Waals surface area contributed by atoms with Gasteiger partial charge in [0.15, 0.2) is 0 Å². The lowest BCUT2D eigenvalue weighted by molar-refractivity contribution is -0.121. The van der Waals surface area contributed by atoms with Crippen LogP contribution in [0, 0.1) is 0 Å². The van der Waals surface area contributed by atoms with E-state index in [-0.39, 0.29) is 11.9 Å². The Balaban J connectivity index is 1.37. The zero-order valence-electron chi connectivity index (χ0n) is 14.6. The molecule has 0 aliphatic carbocycles. The Morgan fingerprint density at radius 1 is 1.26 bits per heavy atom. The van der Waals surface area contributed by atoms with Crippen LogP contribution in [0.25, 0.3) is 11.0 Å². The Morgan fingerprint density at radius 3 is 2.89 bits per heavy atom. The minimum Gasteiger partial charge on any atom is -0.354 e. The van der Waals surface area contributed by atoms with Crippen molar-refractivity contribution >= 4 is 39.9 Å². The van der Waals surface area contributed by atoms with Gasteiger partial charge >= 0.3 is 0 Å². The van der Waals surface area contributed by atoms with Crippen LogP contribution in [0.2, 0.25) is 5.02 Å². The first kappa shape index (κ1) is 17.8. The van der Waals surface area contributed by atoms with Gasteiger partial charge in [0.2, 0.25) is 5.91 Å². The average molecular weight is 399 g/mol. The maximum atomic E-state index is 12.5. The number of imidazole rings is 1. The number of nitrogens with zero attached hydrogens (tertiary/aromatic N) is 3. The zero-order chi connectivity index (χ0) is 18.6. The monoisotopic (exact) mass is 398 g/mol. The molecule has 138 valence electrons. The molecule has 3 aromatic heterocycles.